The van der Waals surface area contributed by atoms with Gasteiger partial charge in [0.25, 0.3) is 5.91 Å². The molecule has 2 N–H and O–H groups in total. The largest absolute Gasteiger partial charge is 0.508 e. The lowest BCUT2D eigenvalue weighted by Gasteiger charge is -2.03. The summed E-state index contributed by atoms with van der Waals surface area (Å²) in [5.41, 5.74) is 2.04. The number of aromatic hydroxyl groups is 1. The van der Waals surface area contributed by atoms with Crippen LogP contribution in [0.1, 0.15) is 11.1 Å². The summed E-state index contributed by atoms with van der Waals surface area (Å²) in [4.78, 5) is 17.1. The Kier molecular flexibility index (Phi) is 5.71. The molecule has 4 nitrogen and oxygen atoms in total. The third-order valence-electron chi connectivity index (χ3n) is 3.57. The van der Waals surface area contributed by atoms with Gasteiger partial charge in [-0.2, -0.15) is 0 Å². The molecular formula is C19H14Cl2N2O2S. The van der Waals surface area contributed by atoms with Crippen LogP contribution in [0.3, 0.4) is 0 Å². The summed E-state index contributed by atoms with van der Waals surface area (Å²) >= 11 is 13.3. The molecule has 3 rings (SSSR count). The third-order valence-corrected chi connectivity index (χ3v) is 5.29. The first-order valence-electron chi connectivity index (χ1n) is 7.64. The highest BCUT2D eigenvalue weighted by Crippen LogP contribution is 2.34. The number of nitrogens with zero attached hydrogens (tertiary/aromatic N) is 1. The van der Waals surface area contributed by atoms with Gasteiger partial charge in [-0.15, -0.1) is 6.58 Å². The molecule has 0 radical (unpaired) electrons. The minimum atomic E-state index is -0.245. The number of benzene rings is 2. The molecule has 1 aliphatic heterocycles. The van der Waals surface area contributed by atoms with E-state index in [-0.39, 0.29) is 11.7 Å². The first-order chi connectivity index (χ1) is 12.5. The van der Waals surface area contributed by atoms with Gasteiger partial charge in [0.1, 0.15) is 5.75 Å². The zero-order valence-corrected chi connectivity index (χ0v) is 15.8. The molecule has 26 heavy (non-hydrogen) atoms. The van der Waals surface area contributed by atoms with Crippen molar-refractivity contribution in [2.75, 3.05) is 0 Å². The summed E-state index contributed by atoms with van der Waals surface area (Å²) in [6.07, 6.45) is 4.00. The van der Waals surface area contributed by atoms with Gasteiger partial charge in [0.2, 0.25) is 0 Å². The van der Waals surface area contributed by atoms with Crippen LogP contribution in [0.25, 0.3) is 6.08 Å². The average molecular weight is 405 g/mol. The lowest BCUT2D eigenvalue weighted by Crippen LogP contribution is -2.19. The van der Waals surface area contributed by atoms with Crippen LogP contribution in [0.5, 0.6) is 5.75 Å². The van der Waals surface area contributed by atoms with E-state index in [0.29, 0.717) is 32.2 Å². The molecule has 2 aromatic carbocycles. The van der Waals surface area contributed by atoms with Crippen molar-refractivity contribution in [2.24, 2.45) is 4.99 Å². The predicted molar refractivity (Wildman–Crippen MR) is 109 cm³/mol. The van der Waals surface area contributed by atoms with Crippen LogP contribution >= 0.6 is 35.0 Å². The molecule has 2 aromatic rings. The van der Waals surface area contributed by atoms with Crippen molar-refractivity contribution in [1.82, 2.24) is 5.32 Å². The lowest BCUT2D eigenvalue weighted by molar-refractivity contribution is -0.115. The van der Waals surface area contributed by atoms with E-state index in [4.69, 9.17) is 23.2 Å². The topological polar surface area (TPSA) is 61.7 Å². The summed E-state index contributed by atoms with van der Waals surface area (Å²) < 4.78 is 0. The molecule has 1 saturated heterocycles. The molecule has 1 aliphatic rings. The minimum Gasteiger partial charge on any atom is -0.508 e. The number of phenols is 1. The number of amides is 1. The SMILES string of the molecule is C=CCc1cc(/C=C2\SC(=Nc3cccc(Cl)c3Cl)NC2=O)ccc1O. The number of carbonyl (C=O) groups excluding carboxylic acids is 1. The van der Waals surface area contributed by atoms with Crippen molar-refractivity contribution < 1.29 is 9.90 Å². The Balaban J connectivity index is 1.87. The van der Waals surface area contributed by atoms with Crippen molar-refractivity contribution in [3.63, 3.8) is 0 Å². The number of allylic oxidation sites excluding steroid dienone is 1. The molecule has 0 saturated carbocycles. The van der Waals surface area contributed by atoms with Crippen molar-refractivity contribution in [3.8, 4) is 5.75 Å². The van der Waals surface area contributed by atoms with E-state index in [0.717, 1.165) is 11.1 Å². The molecule has 1 heterocycles. The van der Waals surface area contributed by atoms with Gasteiger partial charge in [-0.05, 0) is 59.7 Å². The summed E-state index contributed by atoms with van der Waals surface area (Å²) in [7, 11) is 0. The quantitative estimate of drug-likeness (QED) is 0.535. The van der Waals surface area contributed by atoms with E-state index in [9.17, 15) is 9.90 Å². The number of hydrogen-bond acceptors (Lipinski definition) is 4. The van der Waals surface area contributed by atoms with Gasteiger partial charge < -0.3 is 10.4 Å². The minimum absolute atomic E-state index is 0.202. The molecule has 7 heteroatoms. The molecule has 0 atom stereocenters. The first kappa shape index (κ1) is 18.6. The van der Waals surface area contributed by atoms with Gasteiger partial charge in [0.15, 0.2) is 5.17 Å². The highest BCUT2D eigenvalue weighted by atomic mass is 35.5. The third kappa shape index (κ3) is 4.12. The molecule has 0 aromatic heterocycles. The van der Waals surface area contributed by atoms with E-state index in [1.807, 2.05) is 6.07 Å². The maximum Gasteiger partial charge on any atom is 0.264 e. The molecule has 1 amide bonds. The van der Waals surface area contributed by atoms with Gasteiger partial charge in [-0.3, -0.25) is 4.79 Å². The maximum absolute atomic E-state index is 12.2. The smallest absolute Gasteiger partial charge is 0.264 e. The van der Waals surface area contributed by atoms with Gasteiger partial charge in [0, 0.05) is 0 Å². The Labute approximate surface area is 165 Å². The number of thioether (sulfide) groups is 1. The van der Waals surface area contributed by atoms with E-state index in [1.165, 1.54) is 11.8 Å². The molecular weight excluding hydrogens is 391 g/mol. The zero-order chi connectivity index (χ0) is 18.7. The van der Waals surface area contributed by atoms with Crippen LogP contribution in [0.15, 0.2) is 59.0 Å². The van der Waals surface area contributed by atoms with Gasteiger partial charge in [-0.25, -0.2) is 4.99 Å². The molecule has 0 unspecified atom stereocenters. The van der Waals surface area contributed by atoms with Crippen LogP contribution in [-0.2, 0) is 11.2 Å². The van der Waals surface area contributed by atoms with Gasteiger partial charge in [0.05, 0.1) is 20.6 Å². The zero-order valence-electron chi connectivity index (χ0n) is 13.5. The Bertz CT molecular complexity index is 955. The number of amidine groups is 1. The Morgan fingerprint density at radius 1 is 1.27 bits per heavy atom. The van der Waals surface area contributed by atoms with E-state index in [2.05, 4.69) is 16.9 Å². The molecule has 0 aliphatic carbocycles. The fraction of sp³-hybridized carbons (Fsp3) is 0.0526. The van der Waals surface area contributed by atoms with Crippen molar-refractivity contribution >= 4 is 57.8 Å². The number of hydrogen-bond donors (Lipinski definition) is 2. The predicted octanol–water partition coefficient (Wildman–Crippen LogP) is 5.32. The van der Waals surface area contributed by atoms with Crippen LogP contribution in [-0.4, -0.2) is 16.2 Å². The summed E-state index contributed by atoms with van der Waals surface area (Å²) in [5.74, 6) is -0.0429. The fourth-order valence-corrected chi connectivity index (χ4v) is 3.51. The normalized spacial score (nSPS) is 16.9. The number of aliphatic imine (C=N–C) groups is 1. The number of nitrogens with one attached hydrogen (secondary N) is 1. The van der Waals surface area contributed by atoms with E-state index >= 15 is 0 Å². The Hall–Kier alpha value is -2.21. The standard InChI is InChI=1S/C19H14Cl2N2O2S/c1-2-4-12-9-11(7-8-15(12)24)10-16-18(25)23-19(26-16)22-14-6-3-5-13(20)17(14)21/h2-3,5-10,24H,1,4H2,(H,22,23,25)/b16-10-. The van der Waals surface area contributed by atoms with Crippen molar-refractivity contribution in [2.45, 2.75) is 6.42 Å². The maximum atomic E-state index is 12.2. The molecule has 132 valence electrons. The molecule has 1 fully saturated rings. The first-order valence-corrected chi connectivity index (χ1v) is 9.21. The summed E-state index contributed by atoms with van der Waals surface area (Å²) in [5, 5.41) is 13.7. The highest BCUT2D eigenvalue weighted by Gasteiger charge is 2.24. The van der Waals surface area contributed by atoms with Crippen LogP contribution < -0.4 is 5.32 Å². The average Bonchev–Trinajstić information content (AvgIpc) is 2.94. The summed E-state index contributed by atoms with van der Waals surface area (Å²) in [6, 6.07) is 10.3. The van der Waals surface area contributed by atoms with Crippen LogP contribution in [0.2, 0.25) is 10.0 Å². The number of rotatable bonds is 4. The van der Waals surface area contributed by atoms with Crippen molar-refractivity contribution in [1.29, 1.82) is 0 Å². The van der Waals surface area contributed by atoms with Crippen LogP contribution in [0.4, 0.5) is 5.69 Å². The van der Waals surface area contributed by atoms with Gasteiger partial charge >= 0.3 is 0 Å². The lowest BCUT2D eigenvalue weighted by atomic mass is 10.1. The Morgan fingerprint density at radius 2 is 2.08 bits per heavy atom. The van der Waals surface area contributed by atoms with Crippen LogP contribution in [0, 0.1) is 0 Å². The highest BCUT2D eigenvalue weighted by molar-refractivity contribution is 8.18. The summed E-state index contributed by atoms with van der Waals surface area (Å²) in [6.45, 7) is 3.67. The number of phenolic OH excluding ortho intramolecular Hbond substituents is 1. The van der Waals surface area contributed by atoms with E-state index in [1.54, 1.807) is 42.5 Å². The number of carbonyl (C=O) groups is 1. The molecule has 0 spiro atoms. The molecule has 0 bridgehead atoms. The van der Waals surface area contributed by atoms with Gasteiger partial charge in [-0.1, -0.05) is 41.4 Å². The monoisotopic (exact) mass is 404 g/mol. The second-order valence-electron chi connectivity index (χ2n) is 5.44. The number of halogens is 2. The van der Waals surface area contributed by atoms with E-state index < -0.39 is 0 Å². The van der Waals surface area contributed by atoms with Crippen molar-refractivity contribution in [3.05, 3.63) is 75.1 Å². The Morgan fingerprint density at radius 3 is 2.85 bits per heavy atom. The fourth-order valence-electron chi connectivity index (χ4n) is 2.33. The second kappa shape index (κ2) is 7.99. The second-order valence-corrected chi connectivity index (χ2v) is 7.25.